The third-order valence-corrected chi connectivity index (χ3v) is 9.28. The van der Waals surface area contributed by atoms with Gasteiger partial charge in [-0.25, -0.2) is 15.4 Å². The van der Waals surface area contributed by atoms with E-state index in [0.29, 0.717) is 35.8 Å². The molecule has 3 atom stereocenters. The number of carbonyl (C=O) groups is 1. The van der Waals surface area contributed by atoms with E-state index in [4.69, 9.17) is 16.3 Å². The van der Waals surface area contributed by atoms with Crippen molar-refractivity contribution in [3.8, 4) is 17.1 Å². The molecule has 1 unspecified atom stereocenters. The van der Waals surface area contributed by atoms with Gasteiger partial charge < -0.3 is 24.3 Å². The molecule has 3 heterocycles. The minimum absolute atomic E-state index is 0.00798. The van der Waals surface area contributed by atoms with Crippen molar-refractivity contribution in [1.29, 1.82) is 0 Å². The average Bonchev–Trinajstić information content (AvgIpc) is 3.60. The van der Waals surface area contributed by atoms with Crippen molar-refractivity contribution in [1.82, 2.24) is 19.8 Å². The molecular weight excluding hydrogens is 550 g/mol. The lowest BCUT2D eigenvalue weighted by Gasteiger charge is -2.39. The largest absolute Gasteiger partial charge is 0.462 e. The number of likely N-dealkylation sites (N-methyl/N-ethyl adjacent to an activating group) is 1. The Bertz CT molecular complexity index is 1620. The molecule has 1 amide bonds. The molecule has 0 bridgehead atoms. The molecule has 1 aromatic heterocycles. The number of piperazine rings is 1. The molecule has 10 heteroatoms. The van der Waals surface area contributed by atoms with Crippen LogP contribution in [0.4, 0.5) is 14.6 Å². The molecule has 0 spiro atoms. The van der Waals surface area contributed by atoms with Crippen LogP contribution in [-0.4, -0.2) is 84.1 Å². The summed E-state index contributed by atoms with van der Waals surface area (Å²) in [6, 6.07) is 9.46. The summed E-state index contributed by atoms with van der Waals surface area (Å²) in [7, 11) is 2.06. The van der Waals surface area contributed by atoms with Crippen molar-refractivity contribution in [3.63, 3.8) is 0 Å². The van der Waals surface area contributed by atoms with Crippen LogP contribution in [-0.2, 0) is 11.2 Å². The van der Waals surface area contributed by atoms with Gasteiger partial charge in [0, 0.05) is 36.6 Å². The molecule has 3 aromatic rings. The Morgan fingerprint density at radius 3 is 2.72 bits per heavy atom. The van der Waals surface area contributed by atoms with Crippen LogP contribution in [0.1, 0.15) is 43.2 Å². The van der Waals surface area contributed by atoms with Crippen molar-refractivity contribution < 1.29 is 18.3 Å². The number of hydrogen-bond acceptors (Lipinski definition) is 6. The minimum Gasteiger partial charge on any atom is -0.462 e. The first-order valence-corrected chi connectivity index (χ1v) is 15.0. The molecule has 1 aliphatic carbocycles. The van der Waals surface area contributed by atoms with Gasteiger partial charge in [0.1, 0.15) is 24.0 Å². The van der Waals surface area contributed by atoms with Crippen LogP contribution in [0.5, 0.6) is 6.01 Å². The van der Waals surface area contributed by atoms with Gasteiger partial charge in [0.25, 0.3) is 5.91 Å². The van der Waals surface area contributed by atoms with E-state index in [1.807, 2.05) is 23.1 Å². The maximum atomic E-state index is 16.6. The number of rotatable bonds is 7. The number of anilines is 1. The van der Waals surface area contributed by atoms with Crippen LogP contribution < -0.4 is 9.64 Å². The zero-order valence-corrected chi connectivity index (χ0v) is 24.7. The van der Waals surface area contributed by atoms with Crippen LogP contribution >= 0.6 is 0 Å². The van der Waals surface area contributed by atoms with Gasteiger partial charge in [-0.05, 0) is 68.0 Å². The van der Waals surface area contributed by atoms with Crippen LogP contribution in [0.15, 0.2) is 42.7 Å². The Balaban J connectivity index is 1.42. The highest BCUT2D eigenvalue weighted by molar-refractivity contribution is 5.94. The van der Waals surface area contributed by atoms with Crippen LogP contribution in [0, 0.1) is 12.4 Å². The molecule has 2 aliphatic heterocycles. The summed E-state index contributed by atoms with van der Waals surface area (Å²) in [6.45, 7) is 14.9. The van der Waals surface area contributed by atoms with Crippen molar-refractivity contribution in [3.05, 3.63) is 71.1 Å². The fourth-order valence-corrected chi connectivity index (χ4v) is 6.85. The molecule has 0 saturated carbocycles. The summed E-state index contributed by atoms with van der Waals surface area (Å²) in [4.78, 5) is 30.8. The van der Waals surface area contributed by atoms with Gasteiger partial charge in [-0.15, -0.1) is 0 Å². The maximum Gasteiger partial charge on any atom is 0.319 e. The molecule has 0 N–H and O–H groups in total. The lowest BCUT2D eigenvalue weighted by Crippen LogP contribution is -2.56. The van der Waals surface area contributed by atoms with Crippen molar-refractivity contribution >= 4 is 22.6 Å². The second-order valence-corrected chi connectivity index (χ2v) is 11.9. The standard InChI is InChI=1S/C33H36F2N6O2/c1-20-10-11-26-24(20)8-5-9-25(26)27-12-13-28-30(29(27)35)37-33(43-19-22-7-6-14-39(22)4)38-31(28)40-15-16-41(32(42)21(2)34)23(18-40)17-36-3/h5,8-9,12-13,20,22-23H,2,6-7,10-11,14-19H2,1,4H3/t20?,22-,23-/m0/s1. The highest BCUT2D eigenvalue weighted by atomic mass is 19.1. The fraction of sp³-hybridized carbons (Fsp3) is 0.455. The summed E-state index contributed by atoms with van der Waals surface area (Å²) >= 11 is 0. The highest BCUT2D eigenvalue weighted by Crippen LogP contribution is 2.41. The van der Waals surface area contributed by atoms with Gasteiger partial charge in [0.05, 0.1) is 0 Å². The number of benzene rings is 2. The number of aromatic nitrogens is 2. The molecular formula is C33H36F2N6O2. The predicted molar refractivity (Wildman–Crippen MR) is 162 cm³/mol. The van der Waals surface area contributed by atoms with Gasteiger partial charge in [0.2, 0.25) is 6.54 Å². The van der Waals surface area contributed by atoms with E-state index in [2.05, 4.69) is 41.3 Å². The quantitative estimate of drug-likeness (QED) is 0.274. The topological polar surface area (TPSA) is 66.2 Å². The molecule has 224 valence electrons. The summed E-state index contributed by atoms with van der Waals surface area (Å²) in [6.07, 6.45) is 4.03. The van der Waals surface area contributed by atoms with Crippen molar-refractivity contribution in [2.75, 3.05) is 51.3 Å². The zero-order valence-electron chi connectivity index (χ0n) is 24.7. The number of nitrogens with zero attached hydrogens (tertiary/aromatic N) is 6. The van der Waals surface area contributed by atoms with Gasteiger partial charge in [-0.1, -0.05) is 37.8 Å². The Hall–Kier alpha value is -4.10. The molecule has 6 rings (SSSR count). The van der Waals surface area contributed by atoms with Gasteiger partial charge in [0.15, 0.2) is 11.6 Å². The number of fused-ring (bicyclic) bond motifs is 2. The first kappa shape index (κ1) is 29.0. The highest BCUT2D eigenvalue weighted by Gasteiger charge is 2.35. The Kier molecular flexibility index (Phi) is 8.01. The number of amides is 1. The number of hydrogen-bond donors (Lipinski definition) is 0. The van der Waals surface area contributed by atoms with E-state index in [9.17, 15) is 9.18 Å². The van der Waals surface area contributed by atoms with Gasteiger partial charge in [-0.3, -0.25) is 4.79 Å². The van der Waals surface area contributed by atoms with E-state index < -0.39 is 23.6 Å². The van der Waals surface area contributed by atoms with Crippen LogP contribution in [0.3, 0.4) is 0 Å². The summed E-state index contributed by atoms with van der Waals surface area (Å²) < 4.78 is 36.5. The van der Waals surface area contributed by atoms with E-state index in [-0.39, 0.29) is 37.2 Å². The zero-order chi connectivity index (χ0) is 30.2. The molecule has 0 radical (unpaired) electrons. The third-order valence-electron chi connectivity index (χ3n) is 9.28. The lowest BCUT2D eigenvalue weighted by molar-refractivity contribution is -0.131. The molecule has 43 heavy (non-hydrogen) atoms. The lowest BCUT2D eigenvalue weighted by atomic mass is 9.94. The van der Waals surface area contributed by atoms with E-state index >= 15 is 4.39 Å². The normalized spacial score (nSPS) is 22.1. The van der Waals surface area contributed by atoms with Crippen LogP contribution in [0.2, 0.25) is 0 Å². The minimum atomic E-state index is -1.06. The first-order valence-electron chi connectivity index (χ1n) is 15.0. The maximum absolute atomic E-state index is 16.6. The smallest absolute Gasteiger partial charge is 0.319 e. The molecule has 3 aliphatic rings. The molecule has 2 aromatic carbocycles. The number of carbonyl (C=O) groups excluding carboxylic acids is 1. The number of halogens is 2. The second-order valence-electron chi connectivity index (χ2n) is 11.9. The average molecular weight is 587 g/mol. The Morgan fingerprint density at radius 1 is 1.14 bits per heavy atom. The second kappa shape index (κ2) is 11.9. The molecule has 2 saturated heterocycles. The first-order chi connectivity index (χ1) is 20.8. The number of ether oxygens (including phenoxy) is 1. The summed E-state index contributed by atoms with van der Waals surface area (Å²) in [5.41, 5.74) is 3.98. The van der Waals surface area contributed by atoms with Crippen molar-refractivity contribution in [2.45, 2.75) is 50.6 Å². The third kappa shape index (κ3) is 5.42. The van der Waals surface area contributed by atoms with Crippen LogP contribution in [0.25, 0.3) is 26.9 Å². The molecule has 2 fully saturated rings. The van der Waals surface area contributed by atoms with Crippen molar-refractivity contribution in [2.24, 2.45) is 0 Å². The predicted octanol–water partition coefficient (Wildman–Crippen LogP) is 5.38. The molecule has 8 nitrogen and oxygen atoms in total. The fourth-order valence-electron chi connectivity index (χ4n) is 6.85. The van der Waals surface area contributed by atoms with E-state index in [0.717, 1.165) is 37.8 Å². The van der Waals surface area contributed by atoms with E-state index in [1.54, 1.807) is 6.07 Å². The Labute approximate surface area is 250 Å². The van der Waals surface area contributed by atoms with Gasteiger partial charge >= 0.3 is 6.01 Å². The monoisotopic (exact) mass is 586 g/mol. The summed E-state index contributed by atoms with van der Waals surface area (Å²) in [5, 5.41) is 0.517. The van der Waals surface area contributed by atoms with E-state index in [1.165, 1.54) is 16.0 Å². The SMILES string of the molecule is [C-]#[N+]C[C@H]1CN(c2nc(OC[C@@H]3CCCN3C)nc3c(F)c(-c4cccc5c4CCC5C)ccc23)CCN1C(=O)C(=C)F. The summed E-state index contributed by atoms with van der Waals surface area (Å²) in [5.74, 6) is -1.40. The Morgan fingerprint density at radius 2 is 1.98 bits per heavy atom. The number of likely N-dealkylation sites (tertiary alicyclic amines) is 1. The van der Waals surface area contributed by atoms with Gasteiger partial charge in [-0.2, -0.15) is 9.97 Å².